The molecule has 2 bridgehead atoms. The van der Waals surface area contributed by atoms with Crippen LogP contribution < -0.4 is 5.32 Å². The Bertz CT molecular complexity index is 643. The molecule has 1 fully saturated rings. The molecular weight excluding hydrogens is 290 g/mol. The van der Waals surface area contributed by atoms with E-state index in [2.05, 4.69) is 19.8 Å². The predicted molar refractivity (Wildman–Crippen MR) is 64.6 cm³/mol. The summed E-state index contributed by atoms with van der Waals surface area (Å²) in [6.45, 7) is 0.751. The number of hydrogen-bond donors (Lipinski definition) is 3. The second kappa shape index (κ2) is 4.41. The van der Waals surface area contributed by atoms with Crippen LogP contribution in [0.5, 0.6) is 0 Å². The van der Waals surface area contributed by atoms with Crippen molar-refractivity contribution in [3.05, 3.63) is 17.5 Å². The third kappa shape index (κ3) is 1.95. The molecule has 0 aromatic carbocycles. The Labute approximate surface area is 114 Å². The van der Waals surface area contributed by atoms with E-state index >= 15 is 0 Å². The van der Waals surface area contributed by atoms with Crippen LogP contribution in [0.2, 0.25) is 0 Å². The number of rotatable bonds is 4. The highest BCUT2D eigenvalue weighted by Gasteiger charge is 2.50. The third-order valence-electron chi connectivity index (χ3n) is 3.43. The van der Waals surface area contributed by atoms with Crippen LogP contribution >= 0.6 is 0 Å². The lowest BCUT2D eigenvalue weighted by atomic mass is 9.98. The van der Waals surface area contributed by atoms with Crippen molar-refractivity contribution in [2.24, 2.45) is 0 Å². The van der Waals surface area contributed by atoms with Gasteiger partial charge in [-0.05, 0) is 7.05 Å². The predicted octanol–water partition coefficient (Wildman–Crippen LogP) is -0.803. The van der Waals surface area contributed by atoms with Crippen LogP contribution in [-0.2, 0) is 14.7 Å². The summed E-state index contributed by atoms with van der Waals surface area (Å²) in [5.74, 6) is 0. The van der Waals surface area contributed by atoms with E-state index in [-0.39, 0.29) is 12.6 Å². The zero-order valence-corrected chi connectivity index (χ0v) is 11.3. The summed E-state index contributed by atoms with van der Waals surface area (Å²) in [5, 5.41) is 10.4. The van der Waals surface area contributed by atoms with E-state index in [1.54, 1.807) is 7.05 Å². The number of nitrogens with one attached hydrogen (secondary N) is 2. The zero-order valence-electron chi connectivity index (χ0n) is 10.5. The van der Waals surface area contributed by atoms with Gasteiger partial charge in [-0.25, -0.2) is 4.79 Å². The minimum Gasteiger partial charge on any atom is -0.317 e. The quantitative estimate of drug-likeness (QED) is 0.621. The summed E-state index contributed by atoms with van der Waals surface area (Å²) in [6.07, 6.45) is 1.53. The van der Waals surface area contributed by atoms with Crippen LogP contribution in [0, 0.1) is 0 Å². The van der Waals surface area contributed by atoms with Gasteiger partial charge in [-0.1, -0.05) is 0 Å². The Morgan fingerprint density at radius 3 is 3.05 bits per heavy atom. The summed E-state index contributed by atoms with van der Waals surface area (Å²) in [5.41, 5.74) is 1.40. The first-order valence-corrected chi connectivity index (χ1v) is 7.23. The third-order valence-corrected chi connectivity index (χ3v) is 3.78. The molecule has 2 atom stereocenters. The first kappa shape index (κ1) is 13.3. The molecule has 10 nitrogen and oxygen atoms in total. The van der Waals surface area contributed by atoms with Gasteiger partial charge in [-0.15, -0.1) is 4.28 Å². The SMILES string of the molecule is CNCC1c2[nH]ncc2[C@H]2CN1C(=O)N2OS(=O)(=O)O. The highest BCUT2D eigenvalue weighted by Crippen LogP contribution is 2.42. The maximum Gasteiger partial charge on any atom is 0.418 e. The average molecular weight is 303 g/mol. The summed E-state index contributed by atoms with van der Waals surface area (Å²) >= 11 is 0. The van der Waals surface area contributed by atoms with Crippen molar-refractivity contribution >= 4 is 16.4 Å². The minimum atomic E-state index is -4.76. The van der Waals surface area contributed by atoms with Crippen LogP contribution in [0.3, 0.4) is 0 Å². The molecule has 1 unspecified atom stereocenters. The summed E-state index contributed by atoms with van der Waals surface area (Å²) < 4.78 is 34.9. The van der Waals surface area contributed by atoms with Gasteiger partial charge >= 0.3 is 16.4 Å². The largest absolute Gasteiger partial charge is 0.418 e. The minimum absolute atomic E-state index is 0.271. The van der Waals surface area contributed by atoms with Crippen molar-refractivity contribution in [2.75, 3.05) is 20.1 Å². The number of aromatic nitrogens is 2. The second-order valence-electron chi connectivity index (χ2n) is 4.59. The van der Waals surface area contributed by atoms with Crippen LogP contribution in [0.25, 0.3) is 0 Å². The molecule has 3 rings (SSSR count). The van der Waals surface area contributed by atoms with E-state index in [9.17, 15) is 13.2 Å². The average Bonchev–Trinajstić information content (AvgIpc) is 2.92. The second-order valence-corrected chi connectivity index (χ2v) is 5.60. The molecule has 0 aliphatic carbocycles. The molecule has 3 heterocycles. The van der Waals surface area contributed by atoms with Crippen LogP contribution in [-0.4, -0.2) is 59.3 Å². The van der Waals surface area contributed by atoms with Crippen LogP contribution in [0.1, 0.15) is 23.3 Å². The molecule has 2 amide bonds. The molecule has 3 N–H and O–H groups in total. The number of fused-ring (bicyclic) bond motifs is 4. The fourth-order valence-electron chi connectivity index (χ4n) is 2.67. The maximum atomic E-state index is 12.2. The van der Waals surface area contributed by atoms with Gasteiger partial charge in [0.2, 0.25) is 0 Å². The van der Waals surface area contributed by atoms with Gasteiger partial charge in [-0.2, -0.15) is 18.6 Å². The molecule has 0 saturated carbocycles. The number of carbonyl (C=O) groups is 1. The van der Waals surface area contributed by atoms with Crippen molar-refractivity contribution in [3.63, 3.8) is 0 Å². The van der Waals surface area contributed by atoms with Gasteiger partial charge in [0, 0.05) is 12.1 Å². The Morgan fingerprint density at radius 1 is 1.65 bits per heavy atom. The summed E-state index contributed by atoms with van der Waals surface area (Å²) in [6, 6.07) is -1.53. The molecule has 1 saturated heterocycles. The highest BCUT2D eigenvalue weighted by atomic mass is 32.3. The van der Waals surface area contributed by atoms with Gasteiger partial charge in [0.15, 0.2) is 0 Å². The van der Waals surface area contributed by atoms with Gasteiger partial charge in [-0.3, -0.25) is 9.65 Å². The number of carbonyl (C=O) groups excluding carboxylic acids is 1. The topological polar surface area (TPSA) is 128 Å². The zero-order chi connectivity index (χ0) is 14.5. The lowest BCUT2D eigenvalue weighted by Crippen LogP contribution is -2.39. The van der Waals surface area contributed by atoms with Crippen molar-refractivity contribution in [1.29, 1.82) is 0 Å². The lowest BCUT2D eigenvalue weighted by Gasteiger charge is -2.29. The van der Waals surface area contributed by atoms with Crippen molar-refractivity contribution in [3.8, 4) is 0 Å². The molecular formula is C9H13N5O5S. The van der Waals surface area contributed by atoms with Crippen molar-refractivity contribution in [1.82, 2.24) is 25.5 Å². The number of amides is 2. The van der Waals surface area contributed by atoms with E-state index in [0.29, 0.717) is 17.2 Å². The highest BCUT2D eigenvalue weighted by molar-refractivity contribution is 7.80. The fraction of sp³-hybridized carbons (Fsp3) is 0.556. The van der Waals surface area contributed by atoms with Crippen LogP contribution in [0.15, 0.2) is 6.20 Å². The molecule has 110 valence electrons. The first-order chi connectivity index (χ1) is 9.42. The van der Waals surface area contributed by atoms with Gasteiger partial charge in [0.25, 0.3) is 0 Å². The molecule has 0 spiro atoms. The molecule has 0 radical (unpaired) electrons. The smallest absolute Gasteiger partial charge is 0.317 e. The fourth-order valence-corrected chi connectivity index (χ4v) is 3.04. The van der Waals surface area contributed by atoms with Crippen molar-refractivity contribution < 1.29 is 22.0 Å². The number of H-pyrrole nitrogens is 1. The lowest BCUT2D eigenvalue weighted by molar-refractivity contribution is -0.0317. The Hall–Kier alpha value is -1.69. The standard InChI is InChI=1S/C9H13N5O5S/c1-10-3-6-8-5(2-11-12-8)7-4-13(6)9(15)14(7)19-20(16,17)18/h2,6-7,10H,3-4H2,1H3,(H,11,12)(H,16,17,18)/t6?,7-/m1/s1. The van der Waals surface area contributed by atoms with Gasteiger partial charge < -0.3 is 10.2 Å². The molecule has 1 aromatic heterocycles. The number of hydrogen-bond acceptors (Lipinski definition) is 6. The summed E-state index contributed by atoms with van der Waals surface area (Å²) in [7, 11) is -3.02. The normalized spacial score (nSPS) is 25.2. The molecule has 2 aliphatic heterocycles. The number of aromatic amines is 1. The van der Waals surface area contributed by atoms with Gasteiger partial charge in [0.05, 0.1) is 24.5 Å². The van der Waals surface area contributed by atoms with Crippen LogP contribution in [0.4, 0.5) is 4.79 Å². The van der Waals surface area contributed by atoms with E-state index in [1.807, 2.05) is 0 Å². The Balaban J connectivity index is 2.01. The Kier molecular flexibility index (Phi) is 2.93. The number of hydroxylamine groups is 2. The number of urea groups is 1. The molecule has 11 heteroatoms. The molecule has 20 heavy (non-hydrogen) atoms. The van der Waals surface area contributed by atoms with E-state index in [4.69, 9.17) is 4.55 Å². The number of nitrogens with zero attached hydrogens (tertiary/aromatic N) is 3. The Morgan fingerprint density at radius 2 is 2.40 bits per heavy atom. The van der Waals surface area contributed by atoms with E-state index in [0.717, 1.165) is 5.69 Å². The number of likely N-dealkylation sites (N-methyl/N-ethyl adjacent to an activating group) is 1. The molecule has 2 aliphatic rings. The summed E-state index contributed by atoms with van der Waals surface area (Å²) in [4.78, 5) is 13.7. The van der Waals surface area contributed by atoms with Crippen molar-refractivity contribution in [2.45, 2.75) is 12.1 Å². The maximum absolute atomic E-state index is 12.2. The van der Waals surface area contributed by atoms with Gasteiger partial charge in [0.1, 0.15) is 6.04 Å². The molecule has 1 aromatic rings. The first-order valence-electron chi connectivity index (χ1n) is 5.87. The van der Waals surface area contributed by atoms with E-state index < -0.39 is 22.5 Å². The van der Waals surface area contributed by atoms with E-state index in [1.165, 1.54) is 11.1 Å². The monoisotopic (exact) mass is 303 g/mol.